The number of nitrogens with zero attached hydrogens (tertiary/aromatic N) is 2. The number of hydrogen-bond acceptors (Lipinski definition) is 7. The highest BCUT2D eigenvalue weighted by molar-refractivity contribution is 6.58. The largest absolute Gasteiger partial charge is 0.508 e. The first-order valence-electron chi connectivity index (χ1n) is 14.7. The van der Waals surface area contributed by atoms with Gasteiger partial charge in [-0.3, -0.25) is 24.1 Å². The predicted molar refractivity (Wildman–Crippen MR) is 168 cm³/mol. The monoisotopic (exact) mass is 662 g/mol. The third-order valence-corrected chi connectivity index (χ3v) is 10.8. The van der Waals surface area contributed by atoms with Crippen LogP contribution in [-0.4, -0.2) is 45.9 Å². The number of imide groups is 2. The van der Waals surface area contributed by atoms with E-state index in [1.165, 1.54) is 48.5 Å². The number of amides is 4. The minimum atomic E-state index is -1.81. The van der Waals surface area contributed by atoms with E-state index in [4.69, 9.17) is 23.2 Å². The van der Waals surface area contributed by atoms with E-state index >= 15 is 0 Å². The van der Waals surface area contributed by atoms with Crippen LogP contribution in [-0.2, 0) is 19.2 Å². The van der Waals surface area contributed by atoms with Gasteiger partial charge < -0.3 is 15.2 Å². The zero-order chi connectivity index (χ0) is 32.8. The average Bonchev–Trinajstić information content (AvgIpc) is 3.38. The van der Waals surface area contributed by atoms with Crippen LogP contribution in [0.1, 0.15) is 31.2 Å². The summed E-state index contributed by atoms with van der Waals surface area (Å²) in [5.41, 5.74) is 0.173. The number of rotatable bonds is 4. The van der Waals surface area contributed by atoms with Gasteiger partial charge in [0, 0.05) is 10.9 Å². The van der Waals surface area contributed by atoms with Gasteiger partial charge in [-0.25, -0.2) is 9.29 Å². The van der Waals surface area contributed by atoms with Crippen LogP contribution in [0.25, 0.3) is 0 Å². The average molecular weight is 663 g/mol. The molecule has 7 rings (SSSR count). The lowest BCUT2D eigenvalue weighted by Crippen LogP contribution is -2.49. The maximum Gasteiger partial charge on any atom is 0.488 e. The molecule has 4 amide bonds. The number of fused-ring (bicyclic) bond motifs is 4. The molecular formula is C33H26BCl2FN2O7. The van der Waals surface area contributed by atoms with Crippen molar-refractivity contribution < 1.29 is 38.7 Å². The van der Waals surface area contributed by atoms with E-state index in [0.717, 1.165) is 15.9 Å². The van der Waals surface area contributed by atoms with Gasteiger partial charge in [0.1, 0.15) is 11.6 Å². The van der Waals surface area contributed by atoms with Crippen LogP contribution < -0.4 is 15.3 Å². The quantitative estimate of drug-likeness (QED) is 0.219. The number of aromatic hydroxyl groups is 1. The number of hydrogen-bond donors (Lipinski definition) is 3. The summed E-state index contributed by atoms with van der Waals surface area (Å²) in [5, 5.41) is 29.4. The summed E-state index contributed by atoms with van der Waals surface area (Å²) in [6.45, 7) is 1.68. The molecule has 3 fully saturated rings. The summed E-state index contributed by atoms with van der Waals surface area (Å²) in [5.74, 6) is -6.85. The van der Waals surface area contributed by atoms with Gasteiger partial charge >= 0.3 is 7.12 Å². The van der Waals surface area contributed by atoms with Gasteiger partial charge in [-0.15, -0.1) is 0 Å². The number of halogens is 3. The zero-order valence-corrected chi connectivity index (χ0v) is 25.7. The molecule has 6 unspecified atom stereocenters. The predicted octanol–water partition coefficient (Wildman–Crippen LogP) is 3.95. The van der Waals surface area contributed by atoms with E-state index in [0.29, 0.717) is 11.1 Å². The van der Waals surface area contributed by atoms with Crippen LogP contribution in [0.15, 0.2) is 72.3 Å². The number of carbonyl (C=O) groups is 4. The smallest absolute Gasteiger partial charge is 0.488 e. The van der Waals surface area contributed by atoms with Crippen molar-refractivity contribution in [1.29, 1.82) is 0 Å². The van der Waals surface area contributed by atoms with Crippen molar-refractivity contribution >= 4 is 70.8 Å². The van der Waals surface area contributed by atoms with E-state index in [9.17, 15) is 38.7 Å². The fourth-order valence-electron chi connectivity index (χ4n) is 8.06. The second kappa shape index (κ2) is 10.8. The molecule has 4 aliphatic rings. The Kier molecular flexibility index (Phi) is 7.17. The van der Waals surface area contributed by atoms with Crippen LogP contribution in [0.3, 0.4) is 0 Å². The van der Waals surface area contributed by atoms with Gasteiger partial charge in [-0.1, -0.05) is 53.1 Å². The maximum absolute atomic E-state index is 14.5. The molecule has 2 aliphatic carbocycles. The number of allylic oxidation sites excluding steroid dienone is 2. The summed E-state index contributed by atoms with van der Waals surface area (Å²) in [6, 6.07) is 13.8. The standard InChI is InChI=1S/C33H26BCl2FN2O7/c1-33-23(30(42)39(32(33)44)17-5-10-26(37)25(36)12-17)14-22-19(28(33)20-7-6-18(40)13-24(20)35)8-9-21-27(22)31(43)38(29(21)41)16-4-2-3-15(11-16)34(45)46/h2-8,10-13,21-23,27-28,40,45-46H,9,14H2,1H3. The Morgan fingerprint density at radius 2 is 1.61 bits per heavy atom. The van der Waals surface area contributed by atoms with Crippen LogP contribution in [0.4, 0.5) is 15.8 Å². The minimum Gasteiger partial charge on any atom is -0.508 e. The van der Waals surface area contributed by atoms with E-state index in [2.05, 4.69) is 0 Å². The van der Waals surface area contributed by atoms with Crippen molar-refractivity contribution in [3.63, 3.8) is 0 Å². The van der Waals surface area contributed by atoms with Crippen molar-refractivity contribution in [2.45, 2.75) is 25.7 Å². The van der Waals surface area contributed by atoms with E-state index in [1.54, 1.807) is 13.0 Å². The highest BCUT2D eigenvalue weighted by Gasteiger charge is 2.68. The summed E-state index contributed by atoms with van der Waals surface area (Å²) in [7, 11) is -1.81. The Hall–Kier alpha value is -4.03. The lowest BCUT2D eigenvalue weighted by Gasteiger charge is -2.49. The third kappa shape index (κ3) is 4.29. The molecule has 9 nitrogen and oxygen atoms in total. The lowest BCUT2D eigenvalue weighted by molar-refractivity contribution is -0.131. The van der Waals surface area contributed by atoms with E-state index in [1.807, 2.05) is 6.08 Å². The van der Waals surface area contributed by atoms with Gasteiger partial charge in [0.25, 0.3) is 0 Å². The fraction of sp³-hybridized carbons (Fsp3) is 0.273. The molecule has 2 heterocycles. The minimum absolute atomic E-state index is 0.0773. The van der Waals surface area contributed by atoms with Crippen molar-refractivity contribution in [3.8, 4) is 5.75 Å². The van der Waals surface area contributed by atoms with Crippen molar-refractivity contribution in [1.82, 2.24) is 0 Å². The number of carbonyl (C=O) groups excluding carboxylic acids is 4. The number of phenolic OH excluding ortho intramolecular Hbond substituents is 1. The number of anilines is 2. The molecule has 3 aromatic carbocycles. The highest BCUT2D eigenvalue weighted by atomic mass is 35.5. The molecule has 46 heavy (non-hydrogen) atoms. The molecule has 6 atom stereocenters. The second-order valence-corrected chi connectivity index (χ2v) is 13.3. The van der Waals surface area contributed by atoms with Crippen LogP contribution in [0.2, 0.25) is 10.0 Å². The van der Waals surface area contributed by atoms with Gasteiger partial charge in [0.15, 0.2) is 0 Å². The summed E-state index contributed by atoms with van der Waals surface area (Å²) in [6.07, 6.45) is 2.12. The first kappa shape index (κ1) is 30.6. The van der Waals surface area contributed by atoms with Crippen molar-refractivity contribution in [2.24, 2.45) is 29.1 Å². The molecule has 2 saturated heterocycles. The SMILES string of the molecule is CC12C(=O)N(c3ccc(F)c(Cl)c3)C(=O)C1CC1C(=CCC3C(=O)N(c4cccc(B(O)O)c4)C(=O)C31)C2c1ccc(O)cc1Cl. The first-order valence-corrected chi connectivity index (χ1v) is 15.5. The molecule has 0 spiro atoms. The molecule has 3 N–H and O–H groups in total. The third-order valence-electron chi connectivity index (χ3n) is 10.2. The molecular weight excluding hydrogens is 637 g/mol. The number of phenols is 1. The molecule has 0 aromatic heterocycles. The van der Waals surface area contributed by atoms with Gasteiger partial charge in [-0.05, 0) is 79.2 Å². The second-order valence-electron chi connectivity index (χ2n) is 12.4. The highest BCUT2D eigenvalue weighted by Crippen LogP contribution is 2.64. The maximum atomic E-state index is 14.5. The summed E-state index contributed by atoms with van der Waals surface area (Å²) < 4.78 is 14.1. The molecule has 13 heteroatoms. The van der Waals surface area contributed by atoms with Crippen LogP contribution >= 0.6 is 23.2 Å². The number of benzene rings is 3. The topological polar surface area (TPSA) is 135 Å². The molecule has 0 bridgehead atoms. The summed E-state index contributed by atoms with van der Waals surface area (Å²) >= 11 is 12.7. The molecule has 234 valence electrons. The zero-order valence-electron chi connectivity index (χ0n) is 24.2. The van der Waals surface area contributed by atoms with Crippen molar-refractivity contribution in [2.75, 3.05) is 9.80 Å². The molecule has 0 radical (unpaired) electrons. The Balaban J connectivity index is 1.36. The lowest BCUT2D eigenvalue weighted by atomic mass is 9.51. The van der Waals surface area contributed by atoms with Gasteiger partial charge in [0.2, 0.25) is 23.6 Å². The van der Waals surface area contributed by atoms with E-state index < -0.39 is 71.6 Å². The van der Waals surface area contributed by atoms with Gasteiger partial charge in [-0.2, -0.15) is 0 Å². The molecule has 1 saturated carbocycles. The first-order chi connectivity index (χ1) is 21.8. The van der Waals surface area contributed by atoms with Crippen molar-refractivity contribution in [3.05, 3.63) is 93.7 Å². The van der Waals surface area contributed by atoms with Crippen LogP contribution in [0.5, 0.6) is 5.75 Å². The molecule has 2 aliphatic heterocycles. The van der Waals surface area contributed by atoms with E-state index in [-0.39, 0.29) is 45.5 Å². The molecule has 3 aromatic rings. The fourth-order valence-corrected chi connectivity index (χ4v) is 8.52. The Morgan fingerprint density at radius 1 is 0.870 bits per heavy atom. The Bertz CT molecular complexity index is 1900. The Labute approximate surface area is 273 Å². The van der Waals surface area contributed by atoms with Gasteiger partial charge in [0.05, 0.1) is 39.6 Å². The van der Waals surface area contributed by atoms with Crippen LogP contribution in [0, 0.1) is 34.9 Å². The Morgan fingerprint density at radius 3 is 2.30 bits per heavy atom. The summed E-state index contributed by atoms with van der Waals surface area (Å²) in [4.78, 5) is 58.7. The normalized spacial score (nSPS) is 28.7.